The number of nitro benzene ring substituents is 1. The number of aliphatic hydroxyl groups excluding tert-OH is 1. The zero-order valence-corrected chi connectivity index (χ0v) is 11.4. The monoisotopic (exact) mass is 292 g/mol. The highest BCUT2D eigenvalue weighted by Gasteiger charge is 2.29. The van der Waals surface area contributed by atoms with Crippen LogP contribution >= 0.6 is 0 Å². The van der Waals surface area contributed by atoms with E-state index in [0.717, 1.165) is 37.9 Å². The van der Waals surface area contributed by atoms with E-state index in [1.54, 1.807) is 6.07 Å². The molecule has 0 bridgehead atoms. The molecule has 3 rings (SSSR count). The number of nitrogens with zero attached hydrogens (tertiary/aromatic N) is 4. The molecule has 0 radical (unpaired) electrons. The first kappa shape index (κ1) is 13.7. The molecule has 0 amide bonds. The molecule has 0 aliphatic carbocycles. The van der Waals surface area contributed by atoms with Gasteiger partial charge in [-0.3, -0.25) is 10.1 Å². The highest BCUT2D eigenvalue weighted by molar-refractivity contribution is 5.94. The molecular formula is C13H16N4O4. The summed E-state index contributed by atoms with van der Waals surface area (Å²) in [6.07, 6.45) is 3.73. The van der Waals surface area contributed by atoms with Crippen molar-refractivity contribution in [2.45, 2.75) is 31.7 Å². The lowest BCUT2D eigenvalue weighted by Gasteiger charge is -2.26. The molecule has 8 heteroatoms. The van der Waals surface area contributed by atoms with Gasteiger partial charge in [0.1, 0.15) is 0 Å². The summed E-state index contributed by atoms with van der Waals surface area (Å²) in [4.78, 5) is 12.7. The van der Waals surface area contributed by atoms with E-state index in [4.69, 9.17) is 9.74 Å². The predicted octanol–water partition coefficient (Wildman–Crippen LogP) is 1.87. The summed E-state index contributed by atoms with van der Waals surface area (Å²) in [6.45, 7) is 1.04. The molecule has 1 aromatic carbocycles. The van der Waals surface area contributed by atoms with Crippen LogP contribution in [0.1, 0.15) is 25.7 Å². The number of rotatable bonds is 5. The molecule has 1 aromatic heterocycles. The maximum atomic E-state index is 11.0. The number of hydrogen-bond acceptors (Lipinski definition) is 7. The fourth-order valence-electron chi connectivity index (χ4n) is 3.00. The minimum atomic E-state index is -0.483. The van der Waals surface area contributed by atoms with Crippen molar-refractivity contribution in [1.29, 1.82) is 0 Å². The van der Waals surface area contributed by atoms with Crippen molar-refractivity contribution >= 4 is 22.4 Å². The largest absolute Gasteiger partial charge is 0.396 e. The molecule has 1 unspecified atom stereocenters. The summed E-state index contributed by atoms with van der Waals surface area (Å²) in [5.41, 5.74) is 1.34. The van der Waals surface area contributed by atoms with Crippen molar-refractivity contribution in [3.05, 3.63) is 22.2 Å². The zero-order chi connectivity index (χ0) is 14.8. The quantitative estimate of drug-likeness (QED) is 0.662. The van der Waals surface area contributed by atoms with E-state index < -0.39 is 4.92 Å². The maximum absolute atomic E-state index is 11.0. The molecule has 1 N–H and O–H groups in total. The number of fused-ring (bicyclic) bond motifs is 1. The van der Waals surface area contributed by atoms with Gasteiger partial charge in [-0.25, -0.2) is 4.63 Å². The first-order valence-corrected chi connectivity index (χ1v) is 6.99. The zero-order valence-electron chi connectivity index (χ0n) is 11.4. The minimum Gasteiger partial charge on any atom is -0.396 e. The lowest BCUT2D eigenvalue weighted by Crippen LogP contribution is -2.29. The topological polar surface area (TPSA) is 106 Å². The minimum absolute atomic E-state index is 0.0962. The Morgan fingerprint density at radius 2 is 2.24 bits per heavy atom. The van der Waals surface area contributed by atoms with Gasteiger partial charge in [0.05, 0.1) is 10.6 Å². The Morgan fingerprint density at radius 3 is 3.00 bits per heavy atom. The third kappa shape index (κ3) is 2.42. The van der Waals surface area contributed by atoms with Crippen LogP contribution in [0.5, 0.6) is 0 Å². The molecule has 1 aliphatic rings. The van der Waals surface area contributed by atoms with Gasteiger partial charge in [-0.2, -0.15) is 0 Å². The van der Waals surface area contributed by atoms with Crippen molar-refractivity contribution in [2.24, 2.45) is 0 Å². The summed E-state index contributed by atoms with van der Waals surface area (Å²) in [6, 6.07) is 3.48. The van der Waals surface area contributed by atoms with Gasteiger partial charge in [-0.1, -0.05) is 0 Å². The summed E-state index contributed by atoms with van der Waals surface area (Å²) >= 11 is 0. The van der Waals surface area contributed by atoms with Gasteiger partial charge in [0.2, 0.25) is 5.52 Å². The Kier molecular flexibility index (Phi) is 3.70. The van der Waals surface area contributed by atoms with Crippen LogP contribution in [0.15, 0.2) is 16.8 Å². The van der Waals surface area contributed by atoms with E-state index >= 15 is 0 Å². The Balaban J connectivity index is 1.99. The number of aliphatic hydroxyl groups is 1. The average Bonchev–Trinajstić information content (AvgIpc) is 3.12. The normalized spacial score (nSPS) is 18.5. The molecule has 2 heterocycles. The van der Waals surface area contributed by atoms with E-state index in [0.29, 0.717) is 11.6 Å². The molecule has 1 aliphatic heterocycles. The van der Waals surface area contributed by atoms with Crippen LogP contribution in [-0.2, 0) is 0 Å². The van der Waals surface area contributed by atoms with Crippen LogP contribution in [0.2, 0.25) is 0 Å². The lowest BCUT2D eigenvalue weighted by molar-refractivity contribution is -0.383. The second kappa shape index (κ2) is 5.65. The highest BCUT2D eigenvalue weighted by atomic mass is 16.6. The second-order valence-electron chi connectivity index (χ2n) is 5.18. The van der Waals surface area contributed by atoms with Crippen molar-refractivity contribution in [3.63, 3.8) is 0 Å². The number of benzene rings is 1. The van der Waals surface area contributed by atoms with Crippen molar-refractivity contribution in [2.75, 3.05) is 18.1 Å². The highest BCUT2D eigenvalue weighted by Crippen LogP contribution is 2.35. The summed E-state index contributed by atoms with van der Waals surface area (Å²) in [5, 5.41) is 27.5. The third-order valence-electron chi connectivity index (χ3n) is 3.95. The van der Waals surface area contributed by atoms with Crippen molar-refractivity contribution in [1.82, 2.24) is 10.3 Å². The molecule has 0 spiro atoms. The van der Waals surface area contributed by atoms with Crippen LogP contribution < -0.4 is 4.90 Å². The molecule has 2 aromatic rings. The van der Waals surface area contributed by atoms with Crippen LogP contribution in [-0.4, -0.2) is 39.5 Å². The van der Waals surface area contributed by atoms with Gasteiger partial charge >= 0.3 is 5.69 Å². The predicted molar refractivity (Wildman–Crippen MR) is 75.1 cm³/mol. The maximum Gasteiger partial charge on any atom is 0.300 e. The van der Waals surface area contributed by atoms with Crippen LogP contribution in [0.4, 0.5) is 11.4 Å². The first-order valence-electron chi connectivity index (χ1n) is 6.99. The Labute approximate surface area is 120 Å². The van der Waals surface area contributed by atoms with Crippen LogP contribution in [0.3, 0.4) is 0 Å². The van der Waals surface area contributed by atoms with Gasteiger partial charge in [0.25, 0.3) is 0 Å². The first-order chi connectivity index (χ1) is 10.2. The standard InChI is InChI=1S/C13H16N4O4/c18-8-2-4-9-3-1-7-16(9)10-5-6-11(17(19)20)13-12(10)14-21-15-13/h5-6,9,18H,1-4,7-8H2. The van der Waals surface area contributed by atoms with Crippen molar-refractivity contribution < 1.29 is 14.7 Å². The van der Waals surface area contributed by atoms with E-state index in [9.17, 15) is 10.1 Å². The summed E-state index contributed by atoms with van der Waals surface area (Å²) in [7, 11) is 0. The van der Waals surface area contributed by atoms with Gasteiger partial charge in [-0.05, 0) is 42.1 Å². The molecule has 8 nitrogen and oxygen atoms in total. The fourth-order valence-corrected chi connectivity index (χ4v) is 3.00. The van der Waals surface area contributed by atoms with E-state index in [2.05, 4.69) is 15.2 Å². The summed E-state index contributed by atoms with van der Waals surface area (Å²) in [5.74, 6) is 0. The smallest absolute Gasteiger partial charge is 0.300 e. The van der Waals surface area contributed by atoms with Crippen LogP contribution in [0.25, 0.3) is 11.0 Å². The van der Waals surface area contributed by atoms with Gasteiger partial charge in [0.15, 0.2) is 5.52 Å². The molecular weight excluding hydrogens is 276 g/mol. The lowest BCUT2D eigenvalue weighted by atomic mass is 10.1. The SMILES string of the molecule is O=[N+]([O-])c1ccc(N2CCCC2CCCO)c2nonc12. The van der Waals surface area contributed by atoms with Gasteiger partial charge in [-0.15, -0.1) is 0 Å². The number of hydrogen-bond donors (Lipinski definition) is 1. The molecule has 0 saturated carbocycles. The molecule has 1 fully saturated rings. The van der Waals surface area contributed by atoms with E-state index in [1.165, 1.54) is 6.07 Å². The van der Waals surface area contributed by atoms with Crippen molar-refractivity contribution in [3.8, 4) is 0 Å². The summed E-state index contributed by atoms with van der Waals surface area (Å²) < 4.78 is 4.70. The second-order valence-corrected chi connectivity index (χ2v) is 5.18. The average molecular weight is 292 g/mol. The Bertz CT molecular complexity index is 657. The fraction of sp³-hybridized carbons (Fsp3) is 0.538. The third-order valence-corrected chi connectivity index (χ3v) is 3.95. The number of aromatic nitrogens is 2. The molecule has 1 saturated heterocycles. The van der Waals surface area contributed by atoms with Crippen LogP contribution in [0, 0.1) is 10.1 Å². The van der Waals surface area contributed by atoms with E-state index in [1.807, 2.05) is 0 Å². The number of anilines is 1. The molecule has 21 heavy (non-hydrogen) atoms. The molecule has 1 atom stereocenters. The Morgan fingerprint density at radius 1 is 1.43 bits per heavy atom. The Hall–Kier alpha value is -2.22. The van der Waals surface area contributed by atoms with Gasteiger partial charge in [0, 0.05) is 25.3 Å². The molecule has 112 valence electrons. The number of nitro groups is 1. The van der Waals surface area contributed by atoms with Gasteiger partial charge < -0.3 is 10.0 Å². The number of non-ortho nitro benzene ring substituents is 1. The van der Waals surface area contributed by atoms with E-state index in [-0.39, 0.29) is 17.8 Å².